The van der Waals surface area contributed by atoms with Gasteiger partial charge in [0.05, 0.1) is 11.8 Å². The van der Waals surface area contributed by atoms with Gasteiger partial charge in [-0.15, -0.1) is 0 Å². The average Bonchev–Trinajstić information content (AvgIpc) is 2.61. The fraction of sp³-hybridized carbons (Fsp3) is 0. The molecule has 1 aliphatic heterocycles. The predicted molar refractivity (Wildman–Crippen MR) is 48.7 cm³/mol. The Hall–Kier alpha value is -2.02. The molecule has 9 heteroatoms. The Morgan fingerprint density at radius 3 is 2.38 bits per heavy atom. The highest BCUT2D eigenvalue weighted by molar-refractivity contribution is 6.50. The highest BCUT2D eigenvalue weighted by Gasteiger charge is 2.20. The molecular weight excluding hydrogens is 227 g/mol. The summed E-state index contributed by atoms with van der Waals surface area (Å²) in [5.74, 6) is 0. The summed E-state index contributed by atoms with van der Waals surface area (Å²) in [5.41, 5.74) is 10.4. The number of hydrogen-bond acceptors (Lipinski definition) is 0. The molecule has 0 bridgehead atoms. The second-order valence-corrected chi connectivity index (χ2v) is 2.78. The molecule has 2 aliphatic rings. The normalized spacial score (nSPS) is 10.5. The molecule has 0 aromatic carbocycles. The number of nitrogens with one attached hydrogen (secondary N) is 2. The lowest BCUT2D eigenvalue weighted by Crippen LogP contribution is -2.02. The molecule has 0 aromatic heterocycles. The largest absolute Gasteiger partial charge is 0.673 e. The van der Waals surface area contributed by atoms with Gasteiger partial charge in [0.15, 0.2) is 0 Å². The van der Waals surface area contributed by atoms with E-state index < -0.39 is 7.25 Å². The molecule has 2 rings (SSSR count). The number of nitrogens with zero attached hydrogens (tertiary/aromatic N) is 2. The number of hydrogen-bond donors (Lipinski definition) is 2. The maximum Gasteiger partial charge on any atom is 0.673 e. The monoisotopic (exact) mass is 233 g/mol. The van der Waals surface area contributed by atoms with E-state index in [-0.39, 0.29) is 0 Å². The van der Waals surface area contributed by atoms with Gasteiger partial charge in [-0.05, 0) is 6.07 Å². The van der Waals surface area contributed by atoms with Gasteiger partial charge >= 0.3 is 12.6 Å². The van der Waals surface area contributed by atoms with Gasteiger partial charge in [0.25, 0.3) is 0 Å². The lowest BCUT2D eigenvalue weighted by molar-refractivity contribution is -0.0650. The van der Waals surface area contributed by atoms with Crippen LogP contribution in [0.1, 0.15) is 0 Å². The third-order valence-corrected chi connectivity index (χ3v) is 1.59. The van der Waals surface area contributed by atoms with E-state index in [0.29, 0.717) is 5.36 Å². The first-order valence-electron chi connectivity index (χ1n) is 4.11. The molecule has 4 nitrogen and oxygen atoms in total. The van der Waals surface area contributed by atoms with Gasteiger partial charge in [0.2, 0.25) is 0 Å². The minimum Gasteiger partial charge on any atom is -0.418 e. The van der Waals surface area contributed by atoms with Crippen LogP contribution < -0.4 is 5.36 Å². The highest BCUT2D eigenvalue weighted by Crippen LogP contribution is 2.13. The number of H-pyrrole nitrogens is 2. The van der Waals surface area contributed by atoms with Crippen molar-refractivity contribution in [1.29, 1.82) is 0 Å². The summed E-state index contributed by atoms with van der Waals surface area (Å²) in [6, 6.07) is 5.37. The van der Waals surface area contributed by atoms with E-state index in [4.69, 9.17) is 5.53 Å². The van der Waals surface area contributed by atoms with Gasteiger partial charge in [-0.1, -0.05) is 0 Å². The Balaban J connectivity index is 0.000000221. The smallest absolute Gasteiger partial charge is 0.418 e. The van der Waals surface area contributed by atoms with Crippen LogP contribution in [0.3, 0.4) is 0 Å². The molecule has 0 fully saturated rings. The lowest BCUT2D eigenvalue weighted by Gasteiger charge is -1.94. The van der Waals surface area contributed by atoms with Crippen LogP contribution >= 0.6 is 0 Å². The fourth-order valence-corrected chi connectivity index (χ4v) is 1.03. The van der Waals surface area contributed by atoms with E-state index in [1.54, 1.807) is 12.1 Å². The molecule has 0 radical (unpaired) electrons. The topological polar surface area (TPSA) is 68.0 Å². The molecule has 0 amide bonds. The molecule has 0 unspecified atom stereocenters. The van der Waals surface area contributed by atoms with Crippen molar-refractivity contribution in [3.8, 4) is 11.3 Å². The Bertz CT molecular complexity index is 504. The van der Waals surface area contributed by atoms with Crippen molar-refractivity contribution in [2.45, 2.75) is 0 Å². The van der Waals surface area contributed by atoms with Crippen LogP contribution in [0, 0.1) is 0 Å². The van der Waals surface area contributed by atoms with Crippen LogP contribution in [0.4, 0.5) is 17.3 Å². The molecule has 0 spiro atoms. The molecule has 2 N–H and O–H groups in total. The minimum absolute atomic E-state index is 0.549. The van der Waals surface area contributed by atoms with Crippen LogP contribution in [0.2, 0.25) is 0 Å². The number of aromatic amines is 2. The molecule has 0 aromatic rings. The summed E-state index contributed by atoms with van der Waals surface area (Å²) in [5, 5.41) is 6.29. The van der Waals surface area contributed by atoms with Gasteiger partial charge in [-0.25, -0.2) is 0 Å². The molecule has 0 saturated carbocycles. The Labute approximate surface area is 87.0 Å². The van der Waals surface area contributed by atoms with Crippen molar-refractivity contribution >= 4 is 7.25 Å². The zero-order valence-electron chi connectivity index (χ0n) is 7.79. The van der Waals surface area contributed by atoms with Crippen LogP contribution in [-0.4, -0.2) is 22.2 Å². The number of rotatable bonds is 0. The number of fused-ring (bicyclic) bond motifs is 1. The number of benzene rings is 1. The summed E-state index contributed by atoms with van der Waals surface area (Å²) in [7, 11) is -6.00. The lowest BCUT2D eigenvalue weighted by atomic mass is 10.2. The molecule has 86 valence electrons. The summed E-state index contributed by atoms with van der Waals surface area (Å²) in [4.78, 5) is 3.07. The Kier molecular flexibility index (Phi) is 3.52. The molecule has 16 heavy (non-hydrogen) atoms. The molecule has 0 atom stereocenters. The van der Waals surface area contributed by atoms with Crippen molar-refractivity contribution in [2.75, 3.05) is 0 Å². The second-order valence-electron chi connectivity index (χ2n) is 2.78. The fourth-order valence-electron chi connectivity index (χ4n) is 1.03. The van der Waals surface area contributed by atoms with Gasteiger partial charge in [0.1, 0.15) is 0 Å². The zero-order chi connectivity index (χ0) is 12.2. The summed E-state index contributed by atoms with van der Waals surface area (Å²) in [6.45, 7) is 0. The Morgan fingerprint density at radius 1 is 1.19 bits per heavy atom. The SMILES string of the molecule is F[B-](F)(F)F.[N-]=[N+]=c1ccc2c[nH][nH]c-2c1. The maximum atomic E-state index is 9.75. The summed E-state index contributed by atoms with van der Waals surface area (Å²) in [6.07, 6.45) is 1.84. The predicted octanol–water partition coefficient (Wildman–Crippen LogP) is 1.88. The van der Waals surface area contributed by atoms with Crippen LogP contribution in [0.5, 0.6) is 0 Å². The van der Waals surface area contributed by atoms with Crippen molar-refractivity contribution < 1.29 is 22.1 Å². The highest BCUT2D eigenvalue weighted by atomic mass is 19.5. The van der Waals surface area contributed by atoms with Crippen molar-refractivity contribution in [3.63, 3.8) is 0 Å². The van der Waals surface area contributed by atoms with E-state index in [1.165, 1.54) is 0 Å². The third kappa shape index (κ3) is 4.01. The van der Waals surface area contributed by atoms with Gasteiger partial charge in [-0.3, -0.25) is 0 Å². The standard InChI is InChI=1S/C7H6N4.BF4/c8-10-6-2-1-5-4-9-11-7(5)3-6;2-1(3,4)5/h1-4,9,11H;/q;-1. The van der Waals surface area contributed by atoms with Crippen LogP contribution in [-0.2, 0) is 0 Å². The quantitative estimate of drug-likeness (QED) is 0.302. The molecule has 0 saturated heterocycles. The van der Waals surface area contributed by atoms with E-state index in [9.17, 15) is 17.3 Å². The Morgan fingerprint density at radius 2 is 1.81 bits per heavy atom. The van der Waals surface area contributed by atoms with Gasteiger partial charge in [-0.2, -0.15) is 4.79 Å². The first-order valence-corrected chi connectivity index (χ1v) is 4.11. The summed E-state index contributed by atoms with van der Waals surface area (Å²) < 4.78 is 39.0. The van der Waals surface area contributed by atoms with Crippen molar-refractivity contribution in [1.82, 2.24) is 10.2 Å². The van der Waals surface area contributed by atoms with E-state index in [2.05, 4.69) is 15.0 Å². The number of aromatic nitrogens is 2. The van der Waals surface area contributed by atoms with Crippen LogP contribution in [0.25, 0.3) is 16.8 Å². The van der Waals surface area contributed by atoms with Gasteiger partial charge in [0, 0.05) is 17.8 Å². The summed E-state index contributed by atoms with van der Waals surface area (Å²) >= 11 is 0. The molecule has 1 heterocycles. The zero-order valence-corrected chi connectivity index (χ0v) is 7.79. The van der Waals surface area contributed by atoms with E-state index >= 15 is 0 Å². The third-order valence-electron chi connectivity index (χ3n) is 1.59. The first-order chi connectivity index (χ1) is 7.40. The molecular formula is C7H6BF4N4-. The molecule has 1 aliphatic carbocycles. The average molecular weight is 233 g/mol. The van der Waals surface area contributed by atoms with Crippen molar-refractivity contribution in [2.24, 2.45) is 0 Å². The van der Waals surface area contributed by atoms with E-state index in [1.807, 2.05) is 12.3 Å². The van der Waals surface area contributed by atoms with Gasteiger partial charge < -0.3 is 33.0 Å². The van der Waals surface area contributed by atoms with E-state index in [0.717, 1.165) is 11.3 Å². The maximum absolute atomic E-state index is 9.75. The minimum atomic E-state index is -6.00. The number of halogens is 4. The van der Waals surface area contributed by atoms with Crippen molar-refractivity contribution in [3.05, 3.63) is 35.3 Å². The second kappa shape index (κ2) is 4.67. The first kappa shape index (κ1) is 12.1. The van der Waals surface area contributed by atoms with Crippen LogP contribution in [0.15, 0.2) is 24.4 Å².